The third-order valence-corrected chi connectivity index (χ3v) is 3.74. The van der Waals surface area contributed by atoms with Crippen molar-refractivity contribution in [1.82, 2.24) is 9.97 Å². The fourth-order valence-corrected chi connectivity index (χ4v) is 2.30. The number of benzene rings is 1. The van der Waals surface area contributed by atoms with Crippen LogP contribution in [0.25, 0.3) is 10.9 Å². The Bertz CT molecular complexity index is 886. The van der Waals surface area contributed by atoms with E-state index in [1.54, 1.807) is 18.6 Å². The lowest BCUT2D eigenvalue weighted by molar-refractivity contribution is -0.123. The number of nitrogens with one attached hydrogen (secondary N) is 1. The summed E-state index contributed by atoms with van der Waals surface area (Å²) in [4.78, 5) is 20.9. The second-order valence-corrected chi connectivity index (χ2v) is 6.90. The number of rotatable bonds is 4. The van der Waals surface area contributed by atoms with Gasteiger partial charge in [0.1, 0.15) is 12.4 Å². The number of carbonyl (C=O) groups excluding carboxylic acids is 1. The van der Waals surface area contributed by atoms with E-state index in [4.69, 9.17) is 4.74 Å². The monoisotopic (exact) mass is 335 g/mol. The number of pyridine rings is 2. The van der Waals surface area contributed by atoms with E-state index in [2.05, 4.69) is 15.3 Å². The summed E-state index contributed by atoms with van der Waals surface area (Å²) in [6.45, 7) is 6.04. The van der Waals surface area contributed by atoms with Crippen LogP contribution in [0.15, 0.2) is 55.0 Å². The predicted molar refractivity (Wildman–Crippen MR) is 98.4 cm³/mol. The fourth-order valence-electron chi connectivity index (χ4n) is 2.30. The summed E-state index contributed by atoms with van der Waals surface area (Å²) in [6.07, 6.45) is 5.21. The van der Waals surface area contributed by atoms with Gasteiger partial charge in [0.2, 0.25) is 5.91 Å². The fraction of sp³-hybridized carbons (Fsp3) is 0.250. The first-order valence-electron chi connectivity index (χ1n) is 8.15. The molecule has 0 aliphatic heterocycles. The standard InChI is InChI=1S/C20H21N3O2/c1-20(2,3)19(24)23-17-11-16(10-15-7-5-9-22-18(15)17)25-13-14-6-4-8-21-12-14/h4-12H,13H2,1-3H3,(H,23,24). The van der Waals surface area contributed by atoms with Gasteiger partial charge in [-0.05, 0) is 18.2 Å². The lowest BCUT2D eigenvalue weighted by Gasteiger charge is -2.19. The van der Waals surface area contributed by atoms with Crippen LogP contribution in [0.2, 0.25) is 0 Å². The third-order valence-electron chi connectivity index (χ3n) is 3.74. The predicted octanol–water partition coefficient (Wildman–Crippen LogP) is 4.19. The second-order valence-electron chi connectivity index (χ2n) is 6.90. The number of ether oxygens (including phenoxy) is 1. The minimum atomic E-state index is -0.492. The summed E-state index contributed by atoms with van der Waals surface area (Å²) in [5.74, 6) is 0.609. The topological polar surface area (TPSA) is 64.1 Å². The molecule has 0 saturated heterocycles. The maximum absolute atomic E-state index is 12.4. The van der Waals surface area contributed by atoms with Crippen molar-refractivity contribution >= 4 is 22.5 Å². The zero-order valence-electron chi connectivity index (χ0n) is 14.6. The van der Waals surface area contributed by atoms with E-state index in [0.717, 1.165) is 16.5 Å². The van der Waals surface area contributed by atoms with Crippen LogP contribution in [-0.2, 0) is 11.4 Å². The van der Waals surface area contributed by atoms with Gasteiger partial charge in [-0.2, -0.15) is 0 Å². The van der Waals surface area contributed by atoms with Gasteiger partial charge in [-0.3, -0.25) is 14.8 Å². The molecule has 1 aromatic carbocycles. The molecule has 0 aliphatic rings. The molecule has 0 saturated carbocycles. The molecule has 25 heavy (non-hydrogen) atoms. The lowest BCUT2D eigenvalue weighted by Crippen LogP contribution is -2.27. The van der Waals surface area contributed by atoms with Gasteiger partial charge in [0.05, 0.1) is 11.2 Å². The highest BCUT2D eigenvalue weighted by molar-refractivity contribution is 6.02. The van der Waals surface area contributed by atoms with Crippen LogP contribution in [0.5, 0.6) is 5.75 Å². The molecule has 0 spiro atoms. The molecule has 128 valence electrons. The van der Waals surface area contributed by atoms with E-state index in [-0.39, 0.29) is 5.91 Å². The van der Waals surface area contributed by atoms with Crippen LogP contribution < -0.4 is 10.1 Å². The quantitative estimate of drug-likeness (QED) is 0.776. The van der Waals surface area contributed by atoms with Crippen molar-refractivity contribution in [3.05, 3.63) is 60.6 Å². The second kappa shape index (κ2) is 6.89. The molecule has 1 N–H and O–H groups in total. The SMILES string of the molecule is CC(C)(C)C(=O)Nc1cc(OCc2cccnc2)cc2cccnc12. The molecule has 0 aliphatic carbocycles. The number of amides is 1. The summed E-state index contributed by atoms with van der Waals surface area (Å²) in [5, 5.41) is 3.88. The zero-order valence-corrected chi connectivity index (χ0v) is 14.6. The van der Waals surface area contributed by atoms with Gasteiger partial charge in [-0.1, -0.05) is 32.9 Å². The Kier molecular flexibility index (Phi) is 4.65. The summed E-state index contributed by atoms with van der Waals surface area (Å²) in [5.41, 5.74) is 1.88. The Morgan fingerprint density at radius 3 is 2.68 bits per heavy atom. The first kappa shape index (κ1) is 16.9. The smallest absolute Gasteiger partial charge is 0.229 e. The number of aromatic nitrogens is 2. The summed E-state index contributed by atoms with van der Waals surface area (Å²) in [7, 11) is 0. The molecular weight excluding hydrogens is 314 g/mol. The Balaban J connectivity index is 1.90. The van der Waals surface area contributed by atoms with Gasteiger partial charge in [0, 0.05) is 41.0 Å². The summed E-state index contributed by atoms with van der Waals surface area (Å²) >= 11 is 0. The number of carbonyl (C=O) groups is 1. The normalized spacial score (nSPS) is 11.3. The number of hydrogen-bond acceptors (Lipinski definition) is 4. The molecule has 0 bridgehead atoms. The molecule has 1 amide bonds. The van der Waals surface area contributed by atoms with Gasteiger partial charge in [-0.15, -0.1) is 0 Å². The van der Waals surface area contributed by atoms with Crippen molar-refractivity contribution in [3.63, 3.8) is 0 Å². The first-order valence-corrected chi connectivity index (χ1v) is 8.15. The van der Waals surface area contributed by atoms with Crippen LogP contribution in [-0.4, -0.2) is 15.9 Å². The minimum absolute atomic E-state index is 0.0659. The molecule has 2 aromatic heterocycles. The molecule has 3 aromatic rings. The number of fused-ring (bicyclic) bond motifs is 1. The van der Waals surface area contributed by atoms with Crippen molar-refractivity contribution < 1.29 is 9.53 Å². The highest BCUT2D eigenvalue weighted by Crippen LogP contribution is 2.29. The van der Waals surface area contributed by atoms with E-state index >= 15 is 0 Å². The lowest BCUT2D eigenvalue weighted by atomic mass is 9.95. The van der Waals surface area contributed by atoms with Crippen LogP contribution in [0.3, 0.4) is 0 Å². The van der Waals surface area contributed by atoms with Gasteiger partial charge in [0.15, 0.2) is 0 Å². The highest BCUT2D eigenvalue weighted by Gasteiger charge is 2.22. The summed E-state index contributed by atoms with van der Waals surface area (Å²) in [6, 6.07) is 11.4. The molecule has 0 atom stereocenters. The molecule has 5 heteroatoms. The van der Waals surface area contributed by atoms with E-state index in [0.29, 0.717) is 18.0 Å². The zero-order chi connectivity index (χ0) is 17.9. The Hall–Kier alpha value is -2.95. The maximum Gasteiger partial charge on any atom is 0.229 e. The van der Waals surface area contributed by atoms with Gasteiger partial charge >= 0.3 is 0 Å². The van der Waals surface area contributed by atoms with Gasteiger partial charge in [0.25, 0.3) is 0 Å². The van der Waals surface area contributed by atoms with Crippen molar-refractivity contribution in [2.45, 2.75) is 27.4 Å². The van der Waals surface area contributed by atoms with Gasteiger partial charge in [-0.25, -0.2) is 0 Å². The van der Waals surface area contributed by atoms with Crippen LogP contribution in [0.4, 0.5) is 5.69 Å². The van der Waals surface area contributed by atoms with Crippen molar-refractivity contribution in [2.24, 2.45) is 5.41 Å². The van der Waals surface area contributed by atoms with Gasteiger partial charge < -0.3 is 10.1 Å². The minimum Gasteiger partial charge on any atom is -0.489 e. The Labute approximate surface area is 147 Å². The molecule has 2 heterocycles. The summed E-state index contributed by atoms with van der Waals surface area (Å²) < 4.78 is 5.89. The van der Waals surface area contributed by atoms with Crippen LogP contribution in [0, 0.1) is 5.41 Å². The molecule has 3 rings (SSSR count). The largest absolute Gasteiger partial charge is 0.489 e. The van der Waals surface area contributed by atoms with E-state index in [9.17, 15) is 4.79 Å². The third kappa shape index (κ3) is 4.12. The number of nitrogens with zero attached hydrogens (tertiary/aromatic N) is 2. The highest BCUT2D eigenvalue weighted by atomic mass is 16.5. The average molecular weight is 335 g/mol. The number of hydrogen-bond donors (Lipinski definition) is 1. The molecule has 0 unspecified atom stereocenters. The van der Waals surface area contributed by atoms with E-state index < -0.39 is 5.41 Å². The van der Waals surface area contributed by atoms with Crippen LogP contribution >= 0.6 is 0 Å². The van der Waals surface area contributed by atoms with Crippen LogP contribution in [0.1, 0.15) is 26.3 Å². The van der Waals surface area contributed by atoms with E-state index in [1.807, 2.05) is 57.2 Å². The van der Waals surface area contributed by atoms with Crippen molar-refractivity contribution in [3.8, 4) is 5.75 Å². The first-order chi connectivity index (χ1) is 11.9. The Morgan fingerprint density at radius 1 is 1.16 bits per heavy atom. The van der Waals surface area contributed by atoms with Crippen molar-refractivity contribution in [1.29, 1.82) is 0 Å². The molecule has 0 fully saturated rings. The number of anilines is 1. The molecule has 5 nitrogen and oxygen atoms in total. The maximum atomic E-state index is 12.4. The molecular formula is C20H21N3O2. The Morgan fingerprint density at radius 2 is 1.96 bits per heavy atom. The van der Waals surface area contributed by atoms with E-state index in [1.165, 1.54) is 0 Å². The average Bonchev–Trinajstić information content (AvgIpc) is 2.60. The van der Waals surface area contributed by atoms with Crippen molar-refractivity contribution in [2.75, 3.05) is 5.32 Å². The molecule has 0 radical (unpaired) electrons.